The monoisotopic (exact) mass is 227 g/mol. The van der Waals surface area contributed by atoms with Crippen LogP contribution in [0.1, 0.15) is 25.0 Å². The van der Waals surface area contributed by atoms with Crippen LogP contribution in [0.2, 0.25) is 0 Å². The highest BCUT2D eigenvalue weighted by Gasteiger charge is 2.31. The van der Waals surface area contributed by atoms with Crippen LogP contribution in [0, 0.1) is 13.8 Å². The standard InChI is InChI=1S/C11H17NO2S/c1-8-5-6-10(7-9(8)2)15(13,14)11(3,4)12/h5-7H,12H2,1-4H3. The molecule has 0 aromatic heterocycles. The van der Waals surface area contributed by atoms with Crippen molar-refractivity contribution >= 4 is 9.84 Å². The molecule has 2 N–H and O–H groups in total. The Morgan fingerprint density at radius 2 is 1.67 bits per heavy atom. The minimum atomic E-state index is -3.44. The maximum Gasteiger partial charge on any atom is 0.196 e. The van der Waals surface area contributed by atoms with Crippen molar-refractivity contribution in [1.29, 1.82) is 0 Å². The molecule has 0 spiro atoms. The predicted octanol–water partition coefficient (Wildman–Crippen LogP) is 1.77. The predicted molar refractivity (Wildman–Crippen MR) is 61.4 cm³/mol. The molecule has 1 aromatic rings. The van der Waals surface area contributed by atoms with Crippen LogP contribution < -0.4 is 5.73 Å². The number of benzene rings is 1. The minimum absolute atomic E-state index is 0.290. The van der Waals surface area contributed by atoms with E-state index in [0.29, 0.717) is 0 Å². The Labute approximate surface area is 91.2 Å². The van der Waals surface area contributed by atoms with Crippen molar-refractivity contribution in [2.75, 3.05) is 0 Å². The summed E-state index contributed by atoms with van der Waals surface area (Å²) in [5, 5.41) is 0. The van der Waals surface area contributed by atoms with Gasteiger partial charge in [0.25, 0.3) is 0 Å². The van der Waals surface area contributed by atoms with E-state index < -0.39 is 14.7 Å². The summed E-state index contributed by atoms with van der Waals surface area (Å²) in [6.07, 6.45) is 0. The average molecular weight is 227 g/mol. The highest BCUT2D eigenvalue weighted by Crippen LogP contribution is 2.22. The molecule has 15 heavy (non-hydrogen) atoms. The van der Waals surface area contributed by atoms with E-state index in [-0.39, 0.29) is 4.90 Å². The van der Waals surface area contributed by atoms with E-state index in [0.717, 1.165) is 11.1 Å². The van der Waals surface area contributed by atoms with Crippen molar-refractivity contribution in [3.63, 3.8) is 0 Å². The summed E-state index contributed by atoms with van der Waals surface area (Å²) in [5.74, 6) is 0. The molecule has 3 nitrogen and oxygen atoms in total. The lowest BCUT2D eigenvalue weighted by atomic mass is 10.1. The molecular weight excluding hydrogens is 210 g/mol. The van der Waals surface area contributed by atoms with E-state index in [9.17, 15) is 8.42 Å². The zero-order valence-electron chi connectivity index (χ0n) is 9.53. The largest absolute Gasteiger partial charge is 0.313 e. The molecule has 0 saturated heterocycles. The van der Waals surface area contributed by atoms with E-state index in [1.165, 1.54) is 13.8 Å². The van der Waals surface area contributed by atoms with Crippen LogP contribution in [-0.2, 0) is 9.84 Å². The number of nitrogens with two attached hydrogens (primary N) is 1. The fourth-order valence-corrected chi connectivity index (χ4v) is 2.37. The number of sulfone groups is 1. The van der Waals surface area contributed by atoms with Crippen LogP contribution >= 0.6 is 0 Å². The zero-order chi connectivity index (χ0) is 11.9. The molecule has 0 unspecified atom stereocenters. The van der Waals surface area contributed by atoms with Crippen molar-refractivity contribution in [2.45, 2.75) is 37.5 Å². The van der Waals surface area contributed by atoms with Crippen LogP contribution in [0.25, 0.3) is 0 Å². The van der Waals surface area contributed by atoms with Crippen LogP contribution in [0.3, 0.4) is 0 Å². The molecule has 0 fully saturated rings. The number of hydrogen-bond acceptors (Lipinski definition) is 3. The number of hydrogen-bond donors (Lipinski definition) is 1. The van der Waals surface area contributed by atoms with E-state index >= 15 is 0 Å². The van der Waals surface area contributed by atoms with Gasteiger partial charge in [0, 0.05) is 0 Å². The second-order valence-corrected chi connectivity index (χ2v) is 6.88. The van der Waals surface area contributed by atoms with E-state index in [1.807, 2.05) is 13.8 Å². The Balaban J connectivity index is 3.36. The number of rotatable bonds is 2. The van der Waals surface area contributed by atoms with Gasteiger partial charge < -0.3 is 5.73 Å². The van der Waals surface area contributed by atoms with E-state index in [4.69, 9.17) is 5.73 Å². The topological polar surface area (TPSA) is 60.2 Å². The first kappa shape index (κ1) is 12.2. The summed E-state index contributed by atoms with van der Waals surface area (Å²) >= 11 is 0. The molecule has 0 radical (unpaired) electrons. The minimum Gasteiger partial charge on any atom is -0.313 e. The van der Waals surface area contributed by atoms with Crippen molar-refractivity contribution < 1.29 is 8.42 Å². The van der Waals surface area contributed by atoms with Gasteiger partial charge in [-0.15, -0.1) is 0 Å². The van der Waals surface area contributed by atoms with Gasteiger partial charge in [0.2, 0.25) is 0 Å². The average Bonchev–Trinajstić information content (AvgIpc) is 2.07. The second kappa shape index (κ2) is 3.61. The van der Waals surface area contributed by atoms with E-state index in [1.54, 1.807) is 18.2 Å². The normalized spacial score (nSPS) is 12.9. The van der Waals surface area contributed by atoms with Crippen molar-refractivity contribution in [3.05, 3.63) is 29.3 Å². The molecule has 4 heteroatoms. The van der Waals surface area contributed by atoms with Gasteiger partial charge in [0.15, 0.2) is 9.84 Å². The Kier molecular flexibility index (Phi) is 2.94. The van der Waals surface area contributed by atoms with Crippen molar-refractivity contribution in [2.24, 2.45) is 5.73 Å². The van der Waals surface area contributed by atoms with Gasteiger partial charge in [-0.3, -0.25) is 0 Å². The molecule has 0 amide bonds. The van der Waals surface area contributed by atoms with Gasteiger partial charge in [0.1, 0.15) is 4.87 Å². The first-order valence-corrected chi connectivity index (χ1v) is 6.25. The Morgan fingerprint density at radius 1 is 1.13 bits per heavy atom. The molecule has 84 valence electrons. The molecule has 1 rings (SSSR count). The summed E-state index contributed by atoms with van der Waals surface area (Å²) in [6, 6.07) is 5.07. The third kappa shape index (κ3) is 2.21. The number of aryl methyl sites for hydroxylation is 2. The third-order valence-electron chi connectivity index (χ3n) is 2.48. The summed E-state index contributed by atoms with van der Waals surface area (Å²) in [4.78, 5) is -0.951. The van der Waals surface area contributed by atoms with Crippen molar-refractivity contribution in [1.82, 2.24) is 0 Å². The first-order valence-electron chi connectivity index (χ1n) is 4.77. The van der Waals surface area contributed by atoms with Crippen molar-refractivity contribution in [3.8, 4) is 0 Å². The lowest BCUT2D eigenvalue weighted by Crippen LogP contribution is -2.41. The SMILES string of the molecule is Cc1ccc(S(=O)(=O)C(C)(C)N)cc1C. The summed E-state index contributed by atoms with van der Waals surface area (Å²) in [5.41, 5.74) is 7.68. The maximum atomic E-state index is 12.0. The molecule has 0 atom stereocenters. The molecule has 0 heterocycles. The van der Waals surface area contributed by atoms with Crippen LogP contribution in [0.5, 0.6) is 0 Å². The smallest absolute Gasteiger partial charge is 0.196 e. The van der Waals surface area contributed by atoms with Crippen LogP contribution in [0.15, 0.2) is 23.1 Å². The lowest BCUT2D eigenvalue weighted by Gasteiger charge is -2.19. The highest BCUT2D eigenvalue weighted by atomic mass is 32.2. The van der Waals surface area contributed by atoms with E-state index in [2.05, 4.69) is 0 Å². The fraction of sp³-hybridized carbons (Fsp3) is 0.455. The summed E-state index contributed by atoms with van der Waals surface area (Å²) in [7, 11) is -3.44. The van der Waals surface area contributed by atoms with Gasteiger partial charge in [-0.1, -0.05) is 6.07 Å². The molecule has 1 aromatic carbocycles. The quantitative estimate of drug-likeness (QED) is 0.837. The summed E-state index contributed by atoms with van der Waals surface area (Å²) in [6.45, 7) is 6.83. The molecule has 0 bridgehead atoms. The zero-order valence-corrected chi connectivity index (χ0v) is 10.4. The molecule has 0 aliphatic heterocycles. The molecule has 0 aliphatic carbocycles. The van der Waals surface area contributed by atoms with Gasteiger partial charge >= 0.3 is 0 Å². The van der Waals surface area contributed by atoms with Gasteiger partial charge in [-0.2, -0.15) is 0 Å². The fourth-order valence-electron chi connectivity index (χ4n) is 1.18. The van der Waals surface area contributed by atoms with Gasteiger partial charge in [-0.05, 0) is 51.0 Å². The van der Waals surface area contributed by atoms with Gasteiger partial charge in [0.05, 0.1) is 4.90 Å². The molecular formula is C11H17NO2S. The Hall–Kier alpha value is -0.870. The van der Waals surface area contributed by atoms with Crippen LogP contribution in [-0.4, -0.2) is 13.3 Å². The highest BCUT2D eigenvalue weighted by molar-refractivity contribution is 7.92. The Bertz CT molecular complexity index is 470. The Morgan fingerprint density at radius 3 is 2.07 bits per heavy atom. The maximum absolute atomic E-state index is 12.0. The lowest BCUT2D eigenvalue weighted by molar-refractivity contribution is 0.552. The van der Waals surface area contributed by atoms with Crippen LogP contribution in [0.4, 0.5) is 0 Å². The van der Waals surface area contributed by atoms with Gasteiger partial charge in [-0.25, -0.2) is 8.42 Å². The first-order chi connectivity index (χ1) is 6.66. The third-order valence-corrected chi connectivity index (χ3v) is 4.74. The summed E-state index contributed by atoms with van der Waals surface area (Å²) < 4.78 is 24.0. The second-order valence-electron chi connectivity index (χ2n) is 4.35. The molecule has 0 saturated carbocycles. The molecule has 0 aliphatic rings.